The van der Waals surface area contributed by atoms with Gasteiger partial charge in [-0.15, -0.1) is 0 Å². The number of urea groups is 1. The molecule has 0 saturated carbocycles. The molecule has 2 N–H and O–H groups in total. The summed E-state index contributed by atoms with van der Waals surface area (Å²) in [6.45, 7) is -1.32. The zero-order valence-corrected chi connectivity index (χ0v) is 12.2. The second-order valence-electron chi connectivity index (χ2n) is 5.49. The fourth-order valence-corrected chi connectivity index (χ4v) is 2.28. The van der Waals surface area contributed by atoms with Crippen molar-refractivity contribution in [3.63, 3.8) is 0 Å². The summed E-state index contributed by atoms with van der Waals surface area (Å²) in [4.78, 5) is 24.5. The van der Waals surface area contributed by atoms with E-state index >= 15 is 0 Å². The number of likely N-dealkylation sites (tertiary alicyclic amines) is 1. The summed E-state index contributed by atoms with van der Waals surface area (Å²) in [5, 5.41) is 11.5. The van der Waals surface area contributed by atoms with E-state index in [1.54, 1.807) is 6.92 Å². The van der Waals surface area contributed by atoms with E-state index in [0.29, 0.717) is 6.42 Å². The molecule has 9 heteroatoms. The Morgan fingerprint density at radius 2 is 2.13 bits per heavy atom. The number of carbonyl (C=O) groups is 2. The van der Waals surface area contributed by atoms with Crippen molar-refractivity contribution in [1.82, 2.24) is 4.90 Å². The average Bonchev–Trinajstić information content (AvgIpc) is 2.86. The fourth-order valence-electron chi connectivity index (χ4n) is 2.28. The second kappa shape index (κ2) is 6.35. The molecule has 1 aromatic carbocycles. The van der Waals surface area contributed by atoms with Crippen LogP contribution in [0.4, 0.5) is 23.7 Å². The monoisotopic (exact) mass is 332 g/mol. The SMILES string of the molecule is CC1(C(=O)O)CCN(C(=O)Nc2ccc(OC(F)F)c(F)c2)C1. The fraction of sp³-hybridized carbons (Fsp3) is 0.429. The Labute approximate surface area is 129 Å². The van der Waals surface area contributed by atoms with E-state index in [1.807, 2.05) is 0 Å². The molecule has 1 aromatic rings. The van der Waals surface area contributed by atoms with Gasteiger partial charge in [0, 0.05) is 24.8 Å². The third kappa shape index (κ3) is 3.85. The third-order valence-corrected chi connectivity index (χ3v) is 3.68. The summed E-state index contributed by atoms with van der Waals surface area (Å²) in [5.74, 6) is -2.66. The standard InChI is InChI=1S/C14H15F3N2O4/c1-14(11(20)21)4-5-19(7-14)13(22)18-8-2-3-10(9(15)6-8)23-12(16)17/h2-3,6,12H,4-5,7H2,1H3,(H,18,22)(H,20,21). The maximum atomic E-state index is 13.6. The highest BCUT2D eigenvalue weighted by atomic mass is 19.3. The van der Waals surface area contributed by atoms with Crippen LogP contribution in [0, 0.1) is 11.2 Å². The van der Waals surface area contributed by atoms with Crippen LogP contribution in [-0.2, 0) is 4.79 Å². The summed E-state index contributed by atoms with van der Waals surface area (Å²) in [7, 11) is 0. The van der Waals surface area contributed by atoms with Crippen LogP contribution in [0.25, 0.3) is 0 Å². The molecule has 1 aliphatic rings. The molecular formula is C14H15F3N2O4. The lowest BCUT2D eigenvalue weighted by Gasteiger charge is -2.20. The number of anilines is 1. The minimum atomic E-state index is -3.15. The Morgan fingerprint density at radius 3 is 2.65 bits per heavy atom. The first-order valence-corrected chi connectivity index (χ1v) is 6.75. The van der Waals surface area contributed by atoms with Crippen LogP contribution in [0.1, 0.15) is 13.3 Å². The number of nitrogens with zero attached hydrogens (tertiary/aromatic N) is 1. The Balaban J connectivity index is 2.01. The third-order valence-electron chi connectivity index (χ3n) is 3.68. The van der Waals surface area contributed by atoms with Crippen LogP contribution < -0.4 is 10.1 Å². The number of halogens is 3. The molecule has 1 fully saturated rings. The van der Waals surface area contributed by atoms with E-state index in [2.05, 4.69) is 10.1 Å². The summed E-state index contributed by atoms with van der Waals surface area (Å²) >= 11 is 0. The van der Waals surface area contributed by atoms with Crippen molar-refractivity contribution in [2.24, 2.45) is 5.41 Å². The van der Waals surface area contributed by atoms with Crippen molar-refractivity contribution in [3.05, 3.63) is 24.0 Å². The highest BCUT2D eigenvalue weighted by Gasteiger charge is 2.42. The average molecular weight is 332 g/mol. The number of amides is 2. The molecule has 6 nitrogen and oxygen atoms in total. The van der Waals surface area contributed by atoms with E-state index < -0.39 is 35.6 Å². The van der Waals surface area contributed by atoms with Crippen molar-refractivity contribution < 1.29 is 32.6 Å². The van der Waals surface area contributed by atoms with Crippen molar-refractivity contribution in [2.45, 2.75) is 20.0 Å². The summed E-state index contributed by atoms with van der Waals surface area (Å²) < 4.78 is 41.6. The largest absolute Gasteiger partial charge is 0.481 e. The molecule has 1 heterocycles. The molecule has 0 aromatic heterocycles. The lowest BCUT2D eigenvalue weighted by molar-refractivity contribution is -0.146. The number of carboxylic acid groups (broad SMARTS) is 1. The van der Waals surface area contributed by atoms with Crippen LogP contribution in [-0.4, -0.2) is 41.7 Å². The van der Waals surface area contributed by atoms with Crippen molar-refractivity contribution in [2.75, 3.05) is 18.4 Å². The maximum absolute atomic E-state index is 13.6. The summed E-state index contributed by atoms with van der Waals surface area (Å²) in [5.41, 5.74) is -0.963. The van der Waals surface area contributed by atoms with E-state index in [1.165, 1.54) is 11.0 Å². The van der Waals surface area contributed by atoms with Gasteiger partial charge in [0.2, 0.25) is 0 Å². The number of ether oxygens (including phenoxy) is 1. The van der Waals surface area contributed by atoms with Gasteiger partial charge in [0.15, 0.2) is 11.6 Å². The normalized spacial score (nSPS) is 20.7. The number of hydrogen-bond acceptors (Lipinski definition) is 3. The first-order chi connectivity index (χ1) is 10.7. The lowest BCUT2D eigenvalue weighted by Crippen LogP contribution is -2.37. The molecule has 0 bridgehead atoms. The van der Waals surface area contributed by atoms with Gasteiger partial charge in [-0.25, -0.2) is 9.18 Å². The van der Waals surface area contributed by atoms with Gasteiger partial charge >= 0.3 is 18.6 Å². The van der Waals surface area contributed by atoms with E-state index in [9.17, 15) is 22.8 Å². The second-order valence-corrected chi connectivity index (χ2v) is 5.49. The summed E-state index contributed by atoms with van der Waals surface area (Å²) in [6.07, 6.45) is 0.311. The first-order valence-electron chi connectivity index (χ1n) is 6.75. The van der Waals surface area contributed by atoms with Crippen LogP contribution in [0.15, 0.2) is 18.2 Å². The quantitative estimate of drug-likeness (QED) is 0.889. The smallest absolute Gasteiger partial charge is 0.387 e. The molecule has 0 aliphatic carbocycles. The minimum Gasteiger partial charge on any atom is -0.481 e. The topological polar surface area (TPSA) is 78.9 Å². The van der Waals surface area contributed by atoms with Crippen LogP contribution in [0.2, 0.25) is 0 Å². The molecular weight excluding hydrogens is 317 g/mol. The molecule has 126 valence electrons. The predicted molar refractivity (Wildman–Crippen MR) is 74.0 cm³/mol. The highest BCUT2D eigenvalue weighted by Crippen LogP contribution is 2.30. The molecule has 1 aliphatic heterocycles. The maximum Gasteiger partial charge on any atom is 0.387 e. The molecule has 1 unspecified atom stereocenters. The Bertz CT molecular complexity index is 626. The first kappa shape index (κ1) is 16.9. The van der Waals surface area contributed by atoms with Gasteiger partial charge in [-0.05, 0) is 25.5 Å². The number of alkyl halides is 2. The van der Waals surface area contributed by atoms with E-state index in [4.69, 9.17) is 5.11 Å². The molecule has 2 amide bonds. The van der Waals surface area contributed by atoms with E-state index in [-0.39, 0.29) is 18.8 Å². The predicted octanol–water partition coefficient (Wildman–Crippen LogP) is 2.76. The van der Waals surface area contributed by atoms with Crippen LogP contribution >= 0.6 is 0 Å². The molecule has 1 atom stereocenters. The number of carbonyl (C=O) groups excluding carboxylic acids is 1. The number of aliphatic carboxylic acids is 1. The molecule has 23 heavy (non-hydrogen) atoms. The van der Waals surface area contributed by atoms with Gasteiger partial charge in [-0.3, -0.25) is 4.79 Å². The van der Waals surface area contributed by atoms with E-state index in [0.717, 1.165) is 12.1 Å². The molecule has 0 radical (unpaired) electrons. The summed E-state index contributed by atoms with van der Waals surface area (Å²) in [6, 6.07) is 2.45. The minimum absolute atomic E-state index is 0.0310. The van der Waals surface area contributed by atoms with Gasteiger partial charge < -0.3 is 20.1 Å². The zero-order valence-electron chi connectivity index (χ0n) is 12.2. The van der Waals surface area contributed by atoms with Crippen molar-refractivity contribution >= 4 is 17.7 Å². The zero-order chi connectivity index (χ0) is 17.2. The number of rotatable bonds is 4. The highest BCUT2D eigenvalue weighted by molar-refractivity contribution is 5.90. The van der Waals surface area contributed by atoms with Gasteiger partial charge in [-0.1, -0.05) is 0 Å². The Morgan fingerprint density at radius 1 is 1.43 bits per heavy atom. The number of benzene rings is 1. The van der Waals surface area contributed by atoms with Gasteiger partial charge in [-0.2, -0.15) is 8.78 Å². The van der Waals surface area contributed by atoms with Crippen molar-refractivity contribution in [1.29, 1.82) is 0 Å². The van der Waals surface area contributed by atoms with Crippen LogP contribution in [0.5, 0.6) is 5.75 Å². The molecule has 0 spiro atoms. The molecule has 2 rings (SSSR count). The number of nitrogens with one attached hydrogen (secondary N) is 1. The Hall–Kier alpha value is -2.45. The number of carboxylic acids is 1. The lowest BCUT2D eigenvalue weighted by atomic mass is 9.90. The van der Waals surface area contributed by atoms with Crippen molar-refractivity contribution in [3.8, 4) is 5.75 Å². The van der Waals surface area contributed by atoms with Gasteiger partial charge in [0.1, 0.15) is 0 Å². The van der Waals surface area contributed by atoms with Gasteiger partial charge in [0.25, 0.3) is 0 Å². The van der Waals surface area contributed by atoms with Gasteiger partial charge in [0.05, 0.1) is 5.41 Å². The van der Waals surface area contributed by atoms with Crippen LogP contribution in [0.3, 0.4) is 0 Å². The number of hydrogen-bond donors (Lipinski definition) is 2. The molecule has 1 saturated heterocycles. The Kier molecular flexibility index (Phi) is 4.67.